The minimum atomic E-state index is -5.84. The minimum absolute atomic E-state index is 0. The van der Waals surface area contributed by atoms with Crippen molar-refractivity contribution in [2.24, 2.45) is 5.41 Å². The molecule has 0 aromatic heterocycles. The summed E-state index contributed by atoms with van der Waals surface area (Å²) in [6, 6.07) is 0. The van der Waals surface area contributed by atoms with Gasteiger partial charge in [0.15, 0.2) is 0 Å². The van der Waals surface area contributed by atoms with Gasteiger partial charge in [0.25, 0.3) is 0 Å². The third-order valence-electron chi connectivity index (χ3n) is 2.04. The summed E-state index contributed by atoms with van der Waals surface area (Å²) < 4.78 is 57.5. The van der Waals surface area contributed by atoms with Crippen molar-refractivity contribution in [3.8, 4) is 0 Å². The quantitative estimate of drug-likeness (QED) is 0.204. The molecule has 0 amide bonds. The van der Waals surface area contributed by atoms with Crippen LogP contribution in [0, 0.1) is 18.3 Å². The molecule has 0 saturated carbocycles. The summed E-state index contributed by atoms with van der Waals surface area (Å²) in [5.74, 6) is 1.41. The van der Waals surface area contributed by atoms with Gasteiger partial charge in [-0.15, -0.1) is 12.2 Å². The van der Waals surface area contributed by atoms with Gasteiger partial charge >= 0.3 is 36.0 Å². The standard InChI is InChI=1S/C10H14.C3H9P.CHF3O3S.Pd/c1-10(2,3)9-7-5-4-6-8-9;1-4(2)3;2-1(3,4)8(5,6)7;/h4-7H,1,8H2,2-3H3;1-3H3;(H,5,6,7);/q-2;;;+2/p+1. The zero-order valence-electron chi connectivity index (χ0n) is 13.8. The first-order chi connectivity index (χ1) is 9.59. The molecule has 140 valence electrons. The second kappa shape index (κ2) is 11.7. The van der Waals surface area contributed by atoms with Gasteiger partial charge in [-0.05, 0) is 7.92 Å². The van der Waals surface area contributed by atoms with E-state index < -0.39 is 15.6 Å². The molecular weight excluding hydrogens is 443 g/mol. The molecule has 23 heavy (non-hydrogen) atoms. The molecule has 0 aliphatic heterocycles. The molecule has 0 fully saturated rings. The largest absolute Gasteiger partial charge is 2.00 e. The van der Waals surface area contributed by atoms with Crippen LogP contribution in [0.4, 0.5) is 13.2 Å². The Hall–Kier alpha value is 0.142. The average molecular weight is 468 g/mol. The molecule has 0 aromatic rings. The Balaban J connectivity index is -0.000000279. The zero-order chi connectivity index (χ0) is 18.2. The summed E-state index contributed by atoms with van der Waals surface area (Å²) in [6.45, 7) is 15.2. The van der Waals surface area contributed by atoms with E-state index in [-0.39, 0.29) is 33.8 Å². The Morgan fingerprint density at radius 2 is 1.52 bits per heavy atom. The molecule has 0 atom stereocenters. The van der Waals surface area contributed by atoms with Crippen molar-refractivity contribution >= 4 is 18.0 Å². The van der Waals surface area contributed by atoms with E-state index in [2.05, 4.69) is 65.1 Å². The van der Waals surface area contributed by atoms with Gasteiger partial charge in [0.1, 0.15) is 0 Å². The molecule has 0 bridgehead atoms. The molecule has 1 N–H and O–H groups in total. The van der Waals surface area contributed by atoms with Gasteiger partial charge in [0.2, 0.25) is 0 Å². The Labute approximate surface area is 153 Å². The number of rotatable bonds is 1. The average Bonchev–Trinajstić information content (AvgIpc) is 2.26. The maximum absolute atomic E-state index is 10.7. The van der Waals surface area contributed by atoms with E-state index in [1.807, 2.05) is 0 Å². The fraction of sp³-hybridized carbons (Fsp3) is 0.571. The van der Waals surface area contributed by atoms with Crippen molar-refractivity contribution in [3.63, 3.8) is 0 Å². The SMILES string of the molecule is C[PH+](C)C.O=S(=O)(O)C(F)(F)F.[CH2-]C(C)(C)[C-]1C=CC=CC1.[Pd+2]. The predicted octanol–water partition coefficient (Wildman–Crippen LogP) is 4.42. The van der Waals surface area contributed by atoms with Gasteiger partial charge in [0.05, 0.1) is 0 Å². The Kier molecular flexibility index (Phi) is 14.2. The molecule has 0 aromatic carbocycles. The van der Waals surface area contributed by atoms with E-state index >= 15 is 0 Å². The van der Waals surface area contributed by atoms with E-state index in [0.29, 0.717) is 0 Å². The van der Waals surface area contributed by atoms with Crippen LogP contribution in [0.1, 0.15) is 20.3 Å². The molecule has 1 rings (SSSR count). The number of hydrogen-bond acceptors (Lipinski definition) is 2. The molecule has 1 aliphatic rings. The van der Waals surface area contributed by atoms with E-state index in [4.69, 9.17) is 13.0 Å². The van der Waals surface area contributed by atoms with E-state index in [1.54, 1.807) is 0 Å². The maximum Gasteiger partial charge on any atom is 2.00 e. The molecule has 1 aliphatic carbocycles. The molecule has 3 nitrogen and oxygen atoms in total. The van der Waals surface area contributed by atoms with Crippen LogP contribution >= 0.6 is 7.92 Å². The normalized spacial score (nSPS) is 14.3. The molecular formula is C14H25F3O3PPdS+. The summed E-state index contributed by atoms with van der Waals surface area (Å²) in [5, 5.41) is 0. The van der Waals surface area contributed by atoms with Crippen molar-refractivity contribution in [3.05, 3.63) is 37.1 Å². The second-order valence-electron chi connectivity index (χ2n) is 5.82. The van der Waals surface area contributed by atoms with Gasteiger partial charge in [-0.1, -0.05) is 20.3 Å². The monoisotopic (exact) mass is 467 g/mol. The van der Waals surface area contributed by atoms with Gasteiger partial charge < -0.3 is 6.92 Å². The maximum atomic E-state index is 10.7. The second-order valence-corrected chi connectivity index (χ2v) is 10.2. The molecule has 9 heteroatoms. The number of alkyl halides is 3. The Morgan fingerprint density at radius 1 is 1.17 bits per heavy atom. The third kappa shape index (κ3) is 16.8. The van der Waals surface area contributed by atoms with Crippen molar-refractivity contribution in [1.82, 2.24) is 0 Å². The summed E-state index contributed by atoms with van der Waals surface area (Å²) in [5.41, 5.74) is -5.44. The molecule has 0 saturated heterocycles. The smallest absolute Gasteiger partial charge is 0.350 e. The topological polar surface area (TPSA) is 54.4 Å². The Morgan fingerprint density at radius 3 is 1.65 bits per heavy atom. The van der Waals surface area contributed by atoms with Gasteiger partial charge in [-0.25, -0.2) is 23.5 Å². The Bertz CT molecular complexity index is 464. The fourth-order valence-corrected chi connectivity index (χ4v) is 1.02. The van der Waals surface area contributed by atoms with Crippen LogP contribution in [0.5, 0.6) is 0 Å². The zero-order valence-corrected chi connectivity index (χ0v) is 17.2. The predicted molar refractivity (Wildman–Crippen MR) is 89.0 cm³/mol. The first-order valence-electron chi connectivity index (χ1n) is 6.44. The summed E-state index contributed by atoms with van der Waals surface area (Å²) in [6.07, 6.45) is 9.54. The van der Waals surface area contributed by atoms with Crippen LogP contribution in [0.15, 0.2) is 24.3 Å². The summed E-state index contributed by atoms with van der Waals surface area (Å²) in [4.78, 5) is 0. The summed E-state index contributed by atoms with van der Waals surface area (Å²) >= 11 is 0. The van der Waals surface area contributed by atoms with Crippen molar-refractivity contribution in [2.45, 2.75) is 25.8 Å². The first kappa shape index (κ1) is 28.0. The van der Waals surface area contributed by atoms with E-state index in [1.165, 1.54) is 5.92 Å². The van der Waals surface area contributed by atoms with E-state index in [9.17, 15) is 13.2 Å². The number of halogens is 3. The van der Waals surface area contributed by atoms with Crippen molar-refractivity contribution in [2.75, 3.05) is 20.0 Å². The third-order valence-corrected chi connectivity index (χ3v) is 2.63. The van der Waals surface area contributed by atoms with Crippen LogP contribution in [-0.2, 0) is 30.5 Å². The van der Waals surface area contributed by atoms with Crippen molar-refractivity contribution < 1.29 is 46.6 Å². The molecule has 0 unspecified atom stereocenters. The van der Waals surface area contributed by atoms with Gasteiger partial charge in [-0.2, -0.15) is 21.6 Å². The van der Waals surface area contributed by atoms with Gasteiger partial charge in [0, 0.05) is 20.0 Å². The van der Waals surface area contributed by atoms with Crippen LogP contribution in [0.2, 0.25) is 0 Å². The van der Waals surface area contributed by atoms with Crippen molar-refractivity contribution in [1.29, 1.82) is 0 Å². The minimum Gasteiger partial charge on any atom is -0.350 e. The van der Waals surface area contributed by atoms with Crippen LogP contribution < -0.4 is 0 Å². The molecule has 0 radical (unpaired) electrons. The number of allylic oxidation sites excluding steroid dienone is 4. The summed E-state index contributed by atoms with van der Waals surface area (Å²) in [7, 11) is -5.72. The van der Waals surface area contributed by atoms with E-state index in [0.717, 1.165) is 6.42 Å². The van der Waals surface area contributed by atoms with Crippen LogP contribution in [0.25, 0.3) is 0 Å². The van der Waals surface area contributed by atoms with Crippen LogP contribution in [-0.4, -0.2) is 38.5 Å². The first-order valence-corrected chi connectivity index (χ1v) is 10.9. The molecule has 0 heterocycles. The van der Waals surface area contributed by atoms with Crippen LogP contribution in [0.3, 0.4) is 0 Å². The van der Waals surface area contributed by atoms with Gasteiger partial charge in [-0.3, -0.25) is 4.55 Å². The fourth-order valence-electron chi connectivity index (χ4n) is 1.02. The molecule has 0 spiro atoms. The number of hydrogen-bond donors (Lipinski definition) is 1.